The van der Waals surface area contributed by atoms with Crippen molar-refractivity contribution < 1.29 is 4.74 Å². The fourth-order valence-corrected chi connectivity index (χ4v) is 10.2. The van der Waals surface area contributed by atoms with E-state index in [9.17, 15) is 0 Å². The third-order valence-electron chi connectivity index (χ3n) is 13.5. The first-order valence-electron chi connectivity index (χ1n) is 22.5. The first-order valence-corrected chi connectivity index (χ1v) is 22.5. The molecule has 0 unspecified atom stereocenters. The summed E-state index contributed by atoms with van der Waals surface area (Å²) < 4.78 is 6.99. The van der Waals surface area contributed by atoms with Crippen molar-refractivity contribution in [3.63, 3.8) is 0 Å². The maximum absolute atomic E-state index is 6.99. The van der Waals surface area contributed by atoms with Gasteiger partial charge in [-0.2, -0.15) is 0 Å². The molecule has 10 aromatic rings. The lowest BCUT2D eigenvalue weighted by Crippen LogP contribution is -2.16. The van der Waals surface area contributed by atoms with Gasteiger partial charge in [0.2, 0.25) is 0 Å². The normalized spacial score (nSPS) is 12.7. The van der Waals surface area contributed by atoms with E-state index in [1.807, 2.05) is 0 Å². The fourth-order valence-electron chi connectivity index (χ4n) is 10.2. The smallest absolute Gasteiger partial charge is 0.143 e. The molecule has 0 N–H and O–H groups in total. The van der Waals surface area contributed by atoms with Crippen molar-refractivity contribution in [1.82, 2.24) is 0 Å². The molecule has 0 radical (unpaired) electrons. The number of rotatable bonds is 7. The predicted molar refractivity (Wildman–Crippen MR) is 271 cm³/mol. The Kier molecular flexibility index (Phi) is 9.21. The summed E-state index contributed by atoms with van der Waals surface area (Å²) in [7, 11) is 0. The topological polar surface area (TPSA) is 12.5 Å². The van der Waals surface area contributed by atoms with E-state index in [0.29, 0.717) is 0 Å². The van der Waals surface area contributed by atoms with Crippen molar-refractivity contribution in [1.29, 1.82) is 0 Å². The maximum atomic E-state index is 6.99. The number of hydrogen-bond donors (Lipinski definition) is 0. The molecule has 0 atom stereocenters. The molecule has 12 rings (SSSR count). The Hall–Kier alpha value is -8.20. The average Bonchev–Trinajstić information content (AvgIpc) is 3.49. The van der Waals surface area contributed by atoms with E-state index in [1.54, 1.807) is 0 Å². The predicted octanol–water partition coefficient (Wildman–Crippen LogP) is 17.6. The highest BCUT2D eigenvalue weighted by atomic mass is 16.5. The van der Waals surface area contributed by atoms with Crippen LogP contribution in [0.5, 0.6) is 11.5 Å². The van der Waals surface area contributed by atoms with E-state index in [4.69, 9.17) is 4.74 Å². The second-order valence-electron chi connectivity index (χ2n) is 17.6. The van der Waals surface area contributed by atoms with Crippen LogP contribution < -0.4 is 9.64 Å². The number of para-hydroxylation sites is 1. The molecule has 10 aromatic carbocycles. The van der Waals surface area contributed by atoms with E-state index in [0.717, 1.165) is 84.2 Å². The van der Waals surface area contributed by atoms with E-state index in [1.165, 1.54) is 33.4 Å². The van der Waals surface area contributed by atoms with E-state index in [-0.39, 0.29) is 5.41 Å². The zero-order valence-corrected chi connectivity index (χ0v) is 36.4. The summed E-state index contributed by atoms with van der Waals surface area (Å²) in [5, 5.41) is 0. The maximum Gasteiger partial charge on any atom is 0.143 e. The zero-order chi connectivity index (χ0) is 43.5. The second-order valence-corrected chi connectivity index (χ2v) is 17.6. The molecule has 2 heteroatoms. The van der Waals surface area contributed by atoms with Gasteiger partial charge in [0, 0.05) is 39.2 Å². The molecule has 0 aromatic heterocycles. The van der Waals surface area contributed by atoms with E-state index >= 15 is 0 Å². The van der Waals surface area contributed by atoms with Crippen LogP contribution in [0.4, 0.5) is 17.1 Å². The van der Waals surface area contributed by atoms with Gasteiger partial charge < -0.3 is 9.64 Å². The number of nitrogens with zero attached hydrogens (tertiary/aromatic N) is 1. The number of hydrogen-bond acceptors (Lipinski definition) is 2. The van der Waals surface area contributed by atoms with Crippen LogP contribution in [0.3, 0.4) is 0 Å². The van der Waals surface area contributed by atoms with Crippen LogP contribution in [-0.4, -0.2) is 0 Å². The fraction of sp³-hybridized carbons (Fsp3) is 0.0476. The van der Waals surface area contributed by atoms with Crippen LogP contribution in [0.25, 0.3) is 77.9 Å². The summed E-state index contributed by atoms with van der Waals surface area (Å²) >= 11 is 0. The molecule has 65 heavy (non-hydrogen) atoms. The van der Waals surface area contributed by atoms with Gasteiger partial charge in [-0.25, -0.2) is 0 Å². The molecule has 0 amide bonds. The minimum atomic E-state index is -0.105. The summed E-state index contributed by atoms with van der Waals surface area (Å²) in [5.74, 6) is 1.74. The highest BCUT2D eigenvalue weighted by Crippen LogP contribution is 2.53. The quantitative estimate of drug-likeness (QED) is 0.159. The number of anilines is 3. The molecule has 2 nitrogen and oxygen atoms in total. The van der Waals surface area contributed by atoms with Crippen molar-refractivity contribution in [3.8, 4) is 89.4 Å². The summed E-state index contributed by atoms with van der Waals surface area (Å²) in [6, 6.07) is 85.5. The highest BCUT2D eigenvalue weighted by Gasteiger charge is 2.36. The minimum absolute atomic E-state index is 0.105. The Morgan fingerprint density at radius 2 is 0.754 bits per heavy atom. The lowest BCUT2D eigenvalue weighted by molar-refractivity contribution is 0.489. The molecule has 0 saturated carbocycles. The number of benzene rings is 10. The number of fused-ring (bicyclic) bond motifs is 8. The average molecular weight is 832 g/mol. The van der Waals surface area contributed by atoms with Crippen LogP contribution in [0.1, 0.15) is 25.0 Å². The van der Waals surface area contributed by atoms with Crippen LogP contribution in [-0.2, 0) is 5.41 Å². The first-order chi connectivity index (χ1) is 32.0. The van der Waals surface area contributed by atoms with Gasteiger partial charge >= 0.3 is 0 Å². The molecule has 0 bridgehead atoms. The van der Waals surface area contributed by atoms with Gasteiger partial charge in [0.1, 0.15) is 11.5 Å². The van der Waals surface area contributed by atoms with Crippen LogP contribution in [0, 0.1) is 0 Å². The molecule has 1 aliphatic heterocycles. The summed E-state index contributed by atoms with van der Waals surface area (Å²) in [4.78, 5) is 2.39. The number of ether oxygens (including phenoxy) is 1. The van der Waals surface area contributed by atoms with Gasteiger partial charge in [0.25, 0.3) is 0 Å². The Bertz CT molecular complexity index is 3390. The molecule has 0 spiro atoms. The molecule has 2 aliphatic rings. The monoisotopic (exact) mass is 831 g/mol. The second kappa shape index (κ2) is 15.6. The van der Waals surface area contributed by atoms with Crippen molar-refractivity contribution in [3.05, 3.63) is 248 Å². The Morgan fingerprint density at radius 1 is 0.308 bits per heavy atom. The summed E-state index contributed by atoms with van der Waals surface area (Å²) in [6.07, 6.45) is 0. The minimum Gasteiger partial charge on any atom is -0.455 e. The Morgan fingerprint density at radius 3 is 1.43 bits per heavy atom. The van der Waals surface area contributed by atoms with Gasteiger partial charge in [-0.1, -0.05) is 208 Å². The van der Waals surface area contributed by atoms with Crippen molar-refractivity contribution in [2.24, 2.45) is 0 Å². The highest BCUT2D eigenvalue weighted by molar-refractivity contribution is 5.99. The Balaban J connectivity index is 0.895. The van der Waals surface area contributed by atoms with Crippen molar-refractivity contribution >= 4 is 17.1 Å². The standard InChI is InChI=1S/C63H45NO/c1-63(2)58-25-12-11-20-54(58)55-40-39-50(41-59(55)63)64(48-35-31-44(32-36-48)42-15-5-3-6-16-42)49-37-33-45(34-38-49)43-27-29-47(30-28-43)51-22-14-26-60-61(51)56-21-10-9-19-53(56)57-24-13-23-52(62(57)65-60)46-17-7-4-8-18-46/h3-41H,1-2H3. The molecule has 308 valence electrons. The molecular weight excluding hydrogens is 787 g/mol. The molecular formula is C63H45NO. The van der Waals surface area contributed by atoms with Crippen molar-refractivity contribution in [2.45, 2.75) is 19.3 Å². The van der Waals surface area contributed by atoms with Gasteiger partial charge in [0.05, 0.1) is 0 Å². The van der Waals surface area contributed by atoms with E-state index in [2.05, 4.69) is 255 Å². The SMILES string of the molecule is CC1(C)c2ccccc2-c2ccc(N(c3ccc(-c4ccccc4)cc3)c3ccc(-c4ccc(-c5cccc6c5-c5ccccc5-c5cccc(-c7ccccc7)c5O6)cc4)cc3)cc21. The van der Waals surface area contributed by atoms with Crippen LogP contribution >= 0.6 is 0 Å². The van der Waals surface area contributed by atoms with Crippen LogP contribution in [0.2, 0.25) is 0 Å². The van der Waals surface area contributed by atoms with Gasteiger partial charge in [-0.05, 0) is 115 Å². The van der Waals surface area contributed by atoms with Crippen LogP contribution in [0.15, 0.2) is 237 Å². The third kappa shape index (κ3) is 6.57. The largest absolute Gasteiger partial charge is 0.455 e. The lowest BCUT2D eigenvalue weighted by atomic mass is 9.82. The van der Waals surface area contributed by atoms with Gasteiger partial charge in [0.15, 0.2) is 0 Å². The van der Waals surface area contributed by atoms with E-state index < -0.39 is 0 Å². The lowest BCUT2D eigenvalue weighted by Gasteiger charge is -2.28. The molecule has 1 heterocycles. The zero-order valence-electron chi connectivity index (χ0n) is 36.4. The van der Waals surface area contributed by atoms with Gasteiger partial charge in [-0.15, -0.1) is 0 Å². The summed E-state index contributed by atoms with van der Waals surface area (Å²) in [6.45, 7) is 4.70. The van der Waals surface area contributed by atoms with Gasteiger partial charge in [-0.3, -0.25) is 0 Å². The third-order valence-corrected chi connectivity index (χ3v) is 13.5. The summed E-state index contributed by atoms with van der Waals surface area (Å²) in [5.41, 5.74) is 22.4. The molecule has 0 fully saturated rings. The van der Waals surface area contributed by atoms with Crippen molar-refractivity contribution in [2.75, 3.05) is 4.90 Å². The first kappa shape index (κ1) is 38.5. The molecule has 1 aliphatic carbocycles. The Labute approximate surface area is 381 Å². The molecule has 0 saturated heterocycles.